The molecule has 0 aliphatic carbocycles. The fraction of sp³-hybridized carbons (Fsp3) is 0.647. The van der Waals surface area contributed by atoms with Crippen molar-refractivity contribution in [2.24, 2.45) is 5.92 Å². The number of nitrogens with one attached hydrogen (secondary N) is 1. The summed E-state index contributed by atoms with van der Waals surface area (Å²) in [6.07, 6.45) is 3.92. The first-order chi connectivity index (χ1) is 9.28. The lowest BCUT2D eigenvalue weighted by atomic mass is 9.98. The largest absolute Gasteiger partial charge is 0.313 e. The summed E-state index contributed by atoms with van der Waals surface area (Å²) in [6, 6.07) is 9.05. The van der Waals surface area contributed by atoms with E-state index in [1.807, 2.05) is 0 Å². The summed E-state index contributed by atoms with van der Waals surface area (Å²) in [5.41, 5.74) is 2.88. The molecule has 106 valence electrons. The molecular weight excluding hydrogens is 232 g/mol. The number of rotatable bonds is 6. The zero-order chi connectivity index (χ0) is 13.5. The zero-order valence-electron chi connectivity index (χ0n) is 12.5. The fourth-order valence-electron chi connectivity index (χ4n) is 2.73. The molecule has 1 heterocycles. The lowest BCUT2D eigenvalue weighted by Crippen LogP contribution is -2.32. The van der Waals surface area contributed by atoms with Gasteiger partial charge in [0, 0.05) is 13.1 Å². The third-order valence-corrected chi connectivity index (χ3v) is 4.03. The van der Waals surface area contributed by atoms with Crippen molar-refractivity contribution in [3.8, 4) is 0 Å². The second kappa shape index (κ2) is 7.66. The Balaban J connectivity index is 1.84. The second-order valence-corrected chi connectivity index (χ2v) is 5.96. The molecule has 0 bridgehead atoms. The van der Waals surface area contributed by atoms with Crippen LogP contribution in [-0.4, -0.2) is 24.5 Å². The molecule has 1 aliphatic rings. The molecule has 2 nitrogen and oxygen atoms in total. The van der Waals surface area contributed by atoms with Gasteiger partial charge < -0.3 is 5.32 Å². The Kier molecular flexibility index (Phi) is 5.87. The van der Waals surface area contributed by atoms with Gasteiger partial charge in [-0.2, -0.15) is 0 Å². The van der Waals surface area contributed by atoms with Crippen molar-refractivity contribution in [3.63, 3.8) is 0 Å². The average Bonchev–Trinajstić information content (AvgIpc) is 2.42. The molecule has 1 N–H and O–H groups in total. The Morgan fingerprint density at radius 2 is 1.95 bits per heavy atom. The molecule has 0 saturated carbocycles. The van der Waals surface area contributed by atoms with E-state index in [2.05, 4.69) is 48.3 Å². The van der Waals surface area contributed by atoms with Crippen LogP contribution in [0.25, 0.3) is 0 Å². The van der Waals surface area contributed by atoms with Crippen LogP contribution in [0.1, 0.15) is 44.2 Å². The van der Waals surface area contributed by atoms with Gasteiger partial charge in [0.25, 0.3) is 0 Å². The van der Waals surface area contributed by atoms with Crippen LogP contribution >= 0.6 is 0 Å². The monoisotopic (exact) mass is 260 g/mol. The lowest BCUT2D eigenvalue weighted by Gasteiger charge is -2.30. The van der Waals surface area contributed by atoms with Gasteiger partial charge in [-0.25, -0.2) is 0 Å². The van der Waals surface area contributed by atoms with E-state index in [4.69, 9.17) is 0 Å². The van der Waals surface area contributed by atoms with E-state index in [9.17, 15) is 0 Å². The van der Waals surface area contributed by atoms with E-state index in [1.54, 1.807) is 0 Å². The SMILES string of the molecule is CCCNCc1cccc(CN2CCC(C)CC2)c1. The molecule has 19 heavy (non-hydrogen) atoms. The van der Waals surface area contributed by atoms with Gasteiger partial charge in [0.05, 0.1) is 0 Å². The molecule has 1 aromatic carbocycles. The van der Waals surface area contributed by atoms with E-state index in [1.165, 1.54) is 43.5 Å². The van der Waals surface area contributed by atoms with E-state index in [0.29, 0.717) is 0 Å². The first-order valence-electron chi connectivity index (χ1n) is 7.79. The van der Waals surface area contributed by atoms with Gasteiger partial charge >= 0.3 is 0 Å². The molecule has 0 amide bonds. The molecule has 0 aromatic heterocycles. The van der Waals surface area contributed by atoms with Crippen molar-refractivity contribution >= 4 is 0 Å². The summed E-state index contributed by atoms with van der Waals surface area (Å²) >= 11 is 0. The van der Waals surface area contributed by atoms with E-state index in [-0.39, 0.29) is 0 Å². The minimum Gasteiger partial charge on any atom is -0.313 e. The normalized spacial score (nSPS) is 17.8. The predicted octanol–water partition coefficient (Wildman–Crippen LogP) is 3.42. The molecule has 0 spiro atoms. The van der Waals surface area contributed by atoms with Gasteiger partial charge in [0.15, 0.2) is 0 Å². The average molecular weight is 260 g/mol. The van der Waals surface area contributed by atoms with Gasteiger partial charge in [0.2, 0.25) is 0 Å². The topological polar surface area (TPSA) is 15.3 Å². The predicted molar refractivity (Wildman–Crippen MR) is 82.1 cm³/mol. The molecular formula is C17H28N2. The van der Waals surface area contributed by atoms with Crippen molar-refractivity contribution in [3.05, 3.63) is 35.4 Å². The maximum Gasteiger partial charge on any atom is 0.0233 e. The quantitative estimate of drug-likeness (QED) is 0.788. The van der Waals surface area contributed by atoms with Crippen LogP contribution in [0, 0.1) is 5.92 Å². The first kappa shape index (κ1) is 14.5. The molecule has 0 radical (unpaired) electrons. The number of nitrogens with zero attached hydrogens (tertiary/aromatic N) is 1. The maximum absolute atomic E-state index is 3.47. The van der Waals surface area contributed by atoms with Crippen molar-refractivity contribution in [1.82, 2.24) is 10.2 Å². The minimum atomic E-state index is 0.917. The first-order valence-corrected chi connectivity index (χ1v) is 7.79. The standard InChI is InChI=1S/C17H28N2/c1-3-9-18-13-16-5-4-6-17(12-16)14-19-10-7-15(2)8-11-19/h4-6,12,15,18H,3,7-11,13-14H2,1-2H3. The highest BCUT2D eigenvalue weighted by atomic mass is 15.1. The molecule has 1 saturated heterocycles. The van der Waals surface area contributed by atoms with E-state index >= 15 is 0 Å². The molecule has 0 unspecified atom stereocenters. The van der Waals surface area contributed by atoms with Crippen molar-refractivity contribution < 1.29 is 0 Å². The van der Waals surface area contributed by atoms with E-state index < -0.39 is 0 Å². The van der Waals surface area contributed by atoms with Gasteiger partial charge in [-0.05, 0) is 55.9 Å². The Hall–Kier alpha value is -0.860. The Bertz CT molecular complexity index is 367. The number of hydrogen-bond acceptors (Lipinski definition) is 2. The minimum absolute atomic E-state index is 0.917. The van der Waals surface area contributed by atoms with Crippen molar-refractivity contribution in [2.75, 3.05) is 19.6 Å². The van der Waals surface area contributed by atoms with Crippen LogP contribution in [0.4, 0.5) is 0 Å². The fourth-order valence-corrected chi connectivity index (χ4v) is 2.73. The van der Waals surface area contributed by atoms with Gasteiger partial charge in [-0.1, -0.05) is 38.1 Å². The zero-order valence-corrected chi connectivity index (χ0v) is 12.5. The van der Waals surface area contributed by atoms with Crippen LogP contribution in [0.5, 0.6) is 0 Å². The van der Waals surface area contributed by atoms with Crippen molar-refractivity contribution in [2.45, 2.75) is 46.2 Å². The number of hydrogen-bond donors (Lipinski definition) is 1. The summed E-state index contributed by atoms with van der Waals surface area (Å²) < 4.78 is 0. The smallest absolute Gasteiger partial charge is 0.0233 e. The Morgan fingerprint density at radius 1 is 1.21 bits per heavy atom. The second-order valence-electron chi connectivity index (χ2n) is 5.96. The van der Waals surface area contributed by atoms with Crippen LogP contribution in [0.15, 0.2) is 24.3 Å². The van der Waals surface area contributed by atoms with E-state index in [0.717, 1.165) is 25.6 Å². The highest BCUT2D eigenvalue weighted by molar-refractivity contribution is 5.23. The molecule has 2 heteroatoms. The van der Waals surface area contributed by atoms with Crippen molar-refractivity contribution in [1.29, 1.82) is 0 Å². The third-order valence-electron chi connectivity index (χ3n) is 4.03. The highest BCUT2D eigenvalue weighted by Gasteiger charge is 2.15. The number of piperidine rings is 1. The third kappa shape index (κ3) is 4.96. The van der Waals surface area contributed by atoms with Crippen LogP contribution < -0.4 is 5.32 Å². The molecule has 1 aliphatic heterocycles. The lowest BCUT2D eigenvalue weighted by molar-refractivity contribution is 0.185. The summed E-state index contributed by atoms with van der Waals surface area (Å²) in [4.78, 5) is 2.60. The maximum atomic E-state index is 3.47. The van der Waals surface area contributed by atoms with Gasteiger partial charge in [0.1, 0.15) is 0 Å². The molecule has 1 fully saturated rings. The summed E-state index contributed by atoms with van der Waals surface area (Å²) in [6.45, 7) is 10.3. The van der Waals surface area contributed by atoms with Gasteiger partial charge in [-0.15, -0.1) is 0 Å². The molecule has 2 rings (SSSR count). The molecule has 1 aromatic rings. The van der Waals surface area contributed by atoms with Crippen LogP contribution in [-0.2, 0) is 13.1 Å². The summed E-state index contributed by atoms with van der Waals surface area (Å²) in [5.74, 6) is 0.917. The van der Waals surface area contributed by atoms with Crippen LogP contribution in [0.3, 0.4) is 0 Å². The Morgan fingerprint density at radius 3 is 2.68 bits per heavy atom. The van der Waals surface area contributed by atoms with Crippen LogP contribution in [0.2, 0.25) is 0 Å². The number of benzene rings is 1. The van der Waals surface area contributed by atoms with Gasteiger partial charge in [-0.3, -0.25) is 4.90 Å². The highest BCUT2D eigenvalue weighted by Crippen LogP contribution is 2.18. The molecule has 0 atom stereocenters. The summed E-state index contributed by atoms with van der Waals surface area (Å²) in [7, 11) is 0. The Labute approximate surface area is 118 Å². The summed E-state index contributed by atoms with van der Waals surface area (Å²) in [5, 5.41) is 3.47. The number of likely N-dealkylation sites (tertiary alicyclic amines) is 1.